The summed E-state index contributed by atoms with van der Waals surface area (Å²) in [6.45, 7) is 6.27. The maximum absolute atomic E-state index is 12.8. The minimum absolute atomic E-state index is 0.324. The number of aryl methyl sites for hydroxylation is 1. The number of hydrogen-bond donors (Lipinski definition) is 2. The van der Waals surface area contributed by atoms with Crippen LogP contribution in [0.1, 0.15) is 37.9 Å². The van der Waals surface area contributed by atoms with Gasteiger partial charge in [0, 0.05) is 7.05 Å². The lowest BCUT2D eigenvalue weighted by atomic mass is 9.99. The minimum atomic E-state index is -0.992. The van der Waals surface area contributed by atoms with Gasteiger partial charge in [-0.25, -0.2) is 4.79 Å². The molecule has 0 heterocycles. The Morgan fingerprint density at radius 1 is 1.07 bits per heavy atom. The monoisotopic (exact) mass is 407 g/mol. The van der Waals surface area contributed by atoms with E-state index < -0.39 is 35.5 Å². The molecule has 29 heavy (non-hydrogen) atoms. The highest BCUT2D eigenvalue weighted by molar-refractivity contribution is 5.91. The number of esters is 1. The molecule has 0 bridgehead atoms. The van der Waals surface area contributed by atoms with E-state index in [2.05, 4.69) is 15.4 Å². The molecule has 0 saturated carbocycles. The predicted octanol–water partition coefficient (Wildman–Crippen LogP) is 1.31. The summed E-state index contributed by atoms with van der Waals surface area (Å²) in [5, 5.41) is 4.85. The van der Waals surface area contributed by atoms with Crippen LogP contribution in [-0.4, -0.2) is 61.6 Å². The van der Waals surface area contributed by atoms with Crippen LogP contribution >= 0.6 is 0 Å². The highest BCUT2D eigenvalue weighted by Gasteiger charge is 2.30. The molecular weight excluding hydrogens is 378 g/mol. The van der Waals surface area contributed by atoms with Crippen LogP contribution in [0.15, 0.2) is 24.3 Å². The fourth-order valence-corrected chi connectivity index (χ4v) is 2.48. The van der Waals surface area contributed by atoms with Crippen molar-refractivity contribution in [1.29, 1.82) is 0 Å². The van der Waals surface area contributed by atoms with E-state index in [1.807, 2.05) is 19.1 Å². The Hall–Kier alpha value is -3.10. The summed E-state index contributed by atoms with van der Waals surface area (Å²) in [5.41, 5.74) is 0.699. The second-order valence-electron chi connectivity index (χ2n) is 7.41. The number of methoxy groups -OCH3 is 1. The number of ether oxygens (including phenoxy) is 2. The fraction of sp³-hybridized carbons (Fsp3) is 0.500. The Labute approximate surface area is 170 Å². The Balaban J connectivity index is 2.95. The molecule has 0 saturated heterocycles. The molecule has 160 valence electrons. The van der Waals surface area contributed by atoms with Gasteiger partial charge in [-0.1, -0.05) is 24.3 Å². The molecule has 0 aromatic heterocycles. The van der Waals surface area contributed by atoms with Crippen molar-refractivity contribution < 1.29 is 28.7 Å². The zero-order valence-corrected chi connectivity index (χ0v) is 17.7. The molecule has 0 aliphatic heterocycles. The molecule has 1 rings (SSSR count). The zero-order chi connectivity index (χ0) is 22.2. The van der Waals surface area contributed by atoms with Crippen molar-refractivity contribution in [3.8, 4) is 0 Å². The molecule has 3 amide bonds. The molecule has 0 aliphatic carbocycles. The van der Waals surface area contributed by atoms with Crippen LogP contribution in [0, 0.1) is 6.92 Å². The van der Waals surface area contributed by atoms with E-state index in [0.717, 1.165) is 5.56 Å². The van der Waals surface area contributed by atoms with Gasteiger partial charge in [-0.2, -0.15) is 0 Å². The van der Waals surface area contributed by atoms with Crippen molar-refractivity contribution in [2.24, 2.45) is 0 Å². The van der Waals surface area contributed by atoms with Gasteiger partial charge in [0.1, 0.15) is 24.7 Å². The molecule has 1 atom stereocenters. The van der Waals surface area contributed by atoms with Gasteiger partial charge in [-0.15, -0.1) is 0 Å². The van der Waals surface area contributed by atoms with Crippen molar-refractivity contribution >= 4 is 23.9 Å². The van der Waals surface area contributed by atoms with E-state index in [1.165, 1.54) is 19.1 Å². The number of benzene rings is 1. The molecule has 0 spiro atoms. The van der Waals surface area contributed by atoms with Crippen molar-refractivity contribution in [3.63, 3.8) is 0 Å². The fourth-order valence-electron chi connectivity index (χ4n) is 2.48. The Bertz CT molecular complexity index is 757. The highest BCUT2D eigenvalue weighted by Crippen LogP contribution is 2.23. The first kappa shape index (κ1) is 23.9. The maximum atomic E-state index is 12.8. The molecule has 9 nitrogen and oxygen atoms in total. The van der Waals surface area contributed by atoms with Gasteiger partial charge in [-0.05, 0) is 38.8 Å². The van der Waals surface area contributed by atoms with Gasteiger partial charge < -0.3 is 25.0 Å². The number of nitrogens with one attached hydrogen (secondary N) is 2. The van der Waals surface area contributed by atoms with Crippen molar-refractivity contribution in [2.45, 2.75) is 39.3 Å². The Morgan fingerprint density at radius 2 is 1.69 bits per heavy atom. The summed E-state index contributed by atoms with van der Waals surface area (Å²) in [6.07, 6.45) is -0.734. The quantitative estimate of drug-likeness (QED) is 0.659. The van der Waals surface area contributed by atoms with Gasteiger partial charge in [-0.3, -0.25) is 14.4 Å². The number of nitrogens with zero attached hydrogens (tertiary/aromatic N) is 1. The lowest BCUT2D eigenvalue weighted by molar-refractivity contribution is -0.143. The third-order valence-corrected chi connectivity index (χ3v) is 3.93. The number of hydrogen-bond acceptors (Lipinski definition) is 6. The number of alkyl carbamates (subject to hydrolysis) is 1. The van der Waals surface area contributed by atoms with Crippen molar-refractivity contribution in [3.05, 3.63) is 35.4 Å². The summed E-state index contributed by atoms with van der Waals surface area (Å²) in [5.74, 6) is -1.65. The molecule has 9 heteroatoms. The van der Waals surface area contributed by atoms with E-state index in [-0.39, 0.29) is 13.1 Å². The minimum Gasteiger partial charge on any atom is -0.468 e. The molecule has 2 N–H and O–H groups in total. The van der Waals surface area contributed by atoms with E-state index in [0.29, 0.717) is 5.56 Å². The lowest BCUT2D eigenvalue weighted by Gasteiger charge is -2.29. The Kier molecular flexibility index (Phi) is 8.62. The van der Waals surface area contributed by atoms with Crippen LogP contribution in [0.4, 0.5) is 4.79 Å². The van der Waals surface area contributed by atoms with Gasteiger partial charge in [0.15, 0.2) is 0 Å². The van der Waals surface area contributed by atoms with E-state index in [4.69, 9.17) is 4.74 Å². The molecule has 1 aromatic carbocycles. The number of rotatable bonds is 7. The normalized spacial score (nSPS) is 11.8. The molecular formula is C20H29N3O6. The standard InChI is InChI=1S/C20H29N3O6/c1-13-9-7-8-10-14(13)17(18(26)21-12-16(25)28-6)23(5)15(24)11-22-19(27)29-20(2,3)4/h7-10,17H,11-12H2,1-6H3,(H,21,26)(H,22,27). The number of likely N-dealkylation sites (N-methyl/N-ethyl adjacent to an activating group) is 1. The van der Waals surface area contributed by atoms with Gasteiger partial charge in [0.2, 0.25) is 11.8 Å². The second-order valence-corrected chi connectivity index (χ2v) is 7.41. The van der Waals surface area contributed by atoms with Gasteiger partial charge >= 0.3 is 12.1 Å². The third-order valence-electron chi connectivity index (χ3n) is 3.93. The lowest BCUT2D eigenvalue weighted by Crippen LogP contribution is -2.47. The van der Waals surface area contributed by atoms with Crippen molar-refractivity contribution in [2.75, 3.05) is 27.2 Å². The van der Waals surface area contributed by atoms with Crippen LogP contribution in [-0.2, 0) is 23.9 Å². The smallest absolute Gasteiger partial charge is 0.408 e. The first-order valence-corrected chi connectivity index (χ1v) is 9.09. The van der Waals surface area contributed by atoms with Crippen LogP contribution < -0.4 is 10.6 Å². The predicted molar refractivity (Wildman–Crippen MR) is 106 cm³/mol. The maximum Gasteiger partial charge on any atom is 0.408 e. The topological polar surface area (TPSA) is 114 Å². The number of amides is 3. The third kappa shape index (κ3) is 7.81. The second kappa shape index (κ2) is 10.4. The number of carbonyl (C=O) groups is 4. The average Bonchev–Trinajstić information content (AvgIpc) is 2.64. The van der Waals surface area contributed by atoms with Gasteiger partial charge in [0.05, 0.1) is 7.11 Å². The molecule has 0 aliphatic rings. The largest absolute Gasteiger partial charge is 0.468 e. The molecule has 0 fully saturated rings. The van der Waals surface area contributed by atoms with Crippen LogP contribution in [0.3, 0.4) is 0 Å². The average molecular weight is 407 g/mol. The summed E-state index contributed by atoms with van der Waals surface area (Å²) >= 11 is 0. The first-order valence-electron chi connectivity index (χ1n) is 9.09. The summed E-state index contributed by atoms with van der Waals surface area (Å²) in [7, 11) is 2.67. The highest BCUT2D eigenvalue weighted by atomic mass is 16.6. The number of carbonyl (C=O) groups excluding carboxylic acids is 4. The first-order chi connectivity index (χ1) is 13.5. The summed E-state index contributed by atoms with van der Waals surface area (Å²) in [4.78, 5) is 49.7. The van der Waals surface area contributed by atoms with Gasteiger partial charge in [0.25, 0.3) is 0 Å². The van der Waals surface area contributed by atoms with E-state index in [1.54, 1.807) is 32.9 Å². The molecule has 0 radical (unpaired) electrons. The van der Waals surface area contributed by atoms with Crippen LogP contribution in [0.2, 0.25) is 0 Å². The van der Waals surface area contributed by atoms with Crippen LogP contribution in [0.5, 0.6) is 0 Å². The molecule has 1 aromatic rings. The zero-order valence-electron chi connectivity index (χ0n) is 17.7. The van der Waals surface area contributed by atoms with E-state index >= 15 is 0 Å². The Morgan fingerprint density at radius 3 is 2.24 bits per heavy atom. The summed E-state index contributed by atoms with van der Waals surface area (Å²) < 4.78 is 9.63. The van der Waals surface area contributed by atoms with E-state index in [9.17, 15) is 19.2 Å². The van der Waals surface area contributed by atoms with Crippen LogP contribution in [0.25, 0.3) is 0 Å². The SMILES string of the molecule is COC(=O)CNC(=O)C(c1ccccc1C)N(C)C(=O)CNC(=O)OC(C)(C)C. The molecule has 1 unspecified atom stereocenters. The van der Waals surface area contributed by atoms with Crippen molar-refractivity contribution in [1.82, 2.24) is 15.5 Å². The summed E-state index contributed by atoms with van der Waals surface area (Å²) in [6, 6.07) is 6.11.